The number of halogens is 2. The Labute approximate surface area is 161 Å². The molecule has 1 aromatic heterocycles. The van der Waals surface area contributed by atoms with Crippen molar-refractivity contribution in [2.45, 2.75) is 31.3 Å². The van der Waals surface area contributed by atoms with E-state index in [9.17, 15) is 18.4 Å². The average Bonchev–Trinajstić information content (AvgIpc) is 3.08. The van der Waals surface area contributed by atoms with E-state index >= 15 is 0 Å². The van der Waals surface area contributed by atoms with E-state index in [1.165, 1.54) is 13.2 Å². The van der Waals surface area contributed by atoms with Crippen LogP contribution in [-0.2, 0) is 27.0 Å². The maximum Gasteiger partial charge on any atom is 0.313 e. The van der Waals surface area contributed by atoms with Gasteiger partial charge in [-0.05, 0) is 24.8 Å². The molecule has 1 fully saturated rings. The third-order valence-electron chi connectivity index (χ3n) is 4.71. The monoisotopic (exact) mass is 392 g/mol. The number of carbonyl (C=O) groups is 2. The SMILES string of the molecule is Cn1cc(NC(=O)C(=O)NCC2(c3ccccc3)CCCCO2)c(C(F)F)n1. The Morgan fingerprint density at radius 3 is 2.64 bits per heavy atom. The van der Waals surface area contributed by atoms with Crippen LogP contribution in [0.1, 0.15) is 36.9 Å². The molecule has 150 valence electrons. The van der Waals surface area contributed by atoms with Crippen molar-refractivity contribution in [2.75, 3.05) is 18.5 Å². The number of nitrogens with zero attached hydrogens (tertiary/aromatic N) is 2. The Morgan fingerprint density at radius 2 is 2.00 bits per heavy atom. The van der Waals surface area contributed by atoms with Crippen molar-refractivity contribution in [1.29, 1.82) is 0 Å². The highest BCUT2D eigenvalue weighted by Crippen LogP contribution is 2.34. The van der Waals surface area contributed by atoms with Crippen LogP contribution in [0.2, 0.25) is 0 Å². The zero-order chi connectivity index (χ0) is 20.1. The molecule has 0 spiro atoms. The van der Waals surface area contributed by atoms with Gasteiger partial charge in [0.25, 0.3) is 6.43 Å². The Bertz CT molecular complexity index is 833. The summed E-state index contributed by atoms with van der Waals surface area (Å²) in [7, 11) is 1.45. The topological polar surface area (TPSA) is 85.2 Å². The van der Waals surface area contributed by atoms with Crippen molar-refractivity contribution >= 4 is 17.5 Å². The summed E-state index contributed by atoms with van der Waals surface area (Å²) in [6.45, 7) is 0.669. The van der Waals surface area contributed by atoms with Gasteiger partial charge in [0.05, 0.1) is 12.2 Å². The molecule has 9 heteroatoms. The van der Waals surface area contributed by atoms with Crippen LogP contribution >= 0.6 is 0 Å². The zero-order valence-corrected chi connectivity index (χ0v) is 15.5. The normalized spacial score (nSPS) is 19.4. The van der Waals surface area contributed by atoms with Gasteiger partial charge in [-0.25, -0.2) is 8.78 Å². The Hall–Kier alpha value is -2.81. The highest BCUT2D eigenvalue weighted by atomic mass is 19.3. The molecule has 1 unspecified atom stereocenters. The lowest BCUT2D eigenvalue weighted by Gasteiger charge is -2.38. The number of anilines is 1. The van der Waals surface area contributed by atoms with Gasteiger partial charge >= 0.3 is 11.8 Å². The molecule has 1 atom stereocenters. The van der Waals surface area contributed by atoms with Crippen LogP contribution in [0.3, 0.4) is 0 Å². The first-order valence-corrected chi connectivity index (χ1v) is 9.02. The molecule has 7 nitrogen and oxygen atoms in total. The summed E-state index contributed by atoms with van der Waals surface area (Å²) in [5, 5.41) is 8.37. The fourth-order valence-electron chi connectivity index (χ4n) is 3.31. The van der Waals surface area contributed by atoms with E-state index in [1.54, 1.807) is 0 Å². The van der Waals surface area contributed by atoms with Crippen molar-refractivity contribution < 1.29 is 23.1 Å². The molecule has 2 N–H and O–H groups in total. The first-order chi connectivity index (χ1) is 13.4. The highest BCUT2D eigenvalue weighted by molar-refractivity contribution is 6.39. The minimum absolute atomic E-state index is 0.109. The quantitative estimate of drug-likeness (QED) is 0.766. The van der Waals surface area contributed by atoms with Crippen LogP contribution in [0.4, 0.5) is 14.5 Å². The maximum atomic E-state index is 13.0. The lowest BCUT2D eigenvalue weighted by molar-refractivity contribution is -0.138. The molecule has 3 rings (SSSR count). The molecule has 0 bridgehead atoms. The van der Waals surface area contributed by atoms with E-state index in [0.717, 1.165) is 23.1 Å². The largest absolute Gasteiger partial charge is 0.368 e. The van der Waals surface area contributed by atoms with E-state index in [-0.39, 0.29) is 12.2 Å². The molecule has 1 saturated heterocycles. The molecule has 1 aromatic carbocycles. The number of rotatable bonds is 5. The Balaban J connectivity index is 1.67. The van der Waals surface area contributed by atoms with Gasteiger partial charge in [0, 0.05) is 19.9 Å². The molecular formula is C19H22F2N4O3. The van der Waals surface area contributed by atoms with Crippen molar-refractivity contribution in [3.05, 3.63) is 47.8 Å². The average molecular weight is 392 g/mol. The van der Waals surface area contributed by atoms with E-state index < -0.39 is 29.5 Å². The summed E-state index contributed by atoms with van der Waals surface area (Å²) in [4.78, 5) is 24.4. The van der Waals surface area contributed by atoms with Crippen molar-refractivity contribution in [2.24, 2.45) is 7.05 Å². The minimum atomic E-state index is -2.86. The van der Waals surface area contributed by atoms with Gasteiger partial charge in [0.2, 0.25) is 0 Å². The number of amides is 2. The predicted octanol–water partition coefficient (Wildman–Crippen LogP) is 2.51. The number of carbonyl (C=O) groups excluding carboxylic acids is 2. The third kappa shape index (κ3) is 4.36. The van der Waals surface area contributed by atoms with Gasteiger partial charge in [0.15, 0.2) is 5.69 Å². The molecule has 2 amide bonds. The molecule has 2 aromatic rings. The summed E-state index contributed by atoms with van der Waals surface area (Å²) in [6, 6.07) is 9.50. The smallest absolute Gasteiger partial charge is 0.313 e. The Kier molecular flexibility index (Phi) is 6.03. The Morgan fingerprint density at radius 1 is 1.25 bits per heavy atom. The number of ether oxygens (including phenoxy) is 1. The lowest BCUT2D eigenvalue weighted by Crippen LogP contribution is -2.47. The first kappa shape index (κ1) is 19.9. The number of aryl methyl sites for hydroxylation is 1. The van der Waals surface area contributed by atoms with Crippen LogP contribution in [0.15, 0.2) is 36.5 Å². The van der Waals surface area contributed by atoms with Crippen LogP contribution in [0.5, 0.6) is 0 Å². The summed E-state index contributed by atoms with van der Waals surface area (Å²) >= 11 is 0. The lowest BCUT2D eigenvalue weighted by atomic mass is 9.86. The standard InChI is InChI=1S/C19H22F2N4O3/c1-25-11-14(15(24-25)16(20)21)23-18(27)17(26)22-12-19(9-5-6-10-28-19)13-7-3-2-4-8-13/h2-4,7-8,11,16H,5-6,9-10,12H2,1H3,(H,22,26)(H,23,27). The molecule has 2 heterocycles. The predicted molar refractivity (Wildman–Crippen MR) is 97.7 cm³/mol. The van der Waals surface area contributed by atoms with Crippen LogP contribution in [-0.4, -0.2) is 34.7 Å². The number of hydrogen-bond acceptors (Lipinski definition) is 4. The van der Waals surface area contributed by atoms with Crippen LogP contribution in [0, 0.1) is 0 Å². The number of hydrogen-bond donors (Lipinski definition) is 2. The van der Waals surface area contributed by atoms with Crippen molar-refractivity contribution in [1.82, 2.24) is 15.1 Å². The molecule has 1 aliphatic rings. The zero-order valence-electron chi connectivity index (χ0n) is 15.5. The molecule has 28 heavy (non-hydrogen) atoms. The fourth-order valence-corrected chi connectivity index (χ4v) is 3.31. The van der Waals surface area contributed by atoms with E-state index in [0.29, 0.717) is 13.0 Å². The van der Waals surface area contributed by atoms with Crippen LogP contribution < -0.4 is 10.6 Å². The first-order valence-electron chi connectivity index (χ1n) is 9.02. The van der Waals surface area contributed by atoms with Crippen molar-refractivity contribution in [3.63, 3.8) is 0 Å². The number of benzene rings is 1. The molecule has 0 aliphatic carbocycles. The van der Waals surface area contributed by atoms with Gasteiger partial charge in [-0.15, -0.1) is 0 Å². The van der Waals surface area contributed by atoms with Gasteiger partial charge in [-0.1, -0.05) is 30.3 Å². The summed E-state index contributed by atoms with van der Waals surface area (Å²) in [5.74, 6) is -1.96. The highest BCUT2D eigenvalue weighted by Gasteiger charge is 2.36. The number of aromatic nitrogens is 2. The van der Waals surface area contributed by atoms with Gasteiger partial charge in [-0.2, -0.15) is 5.10 Å². The van der Waals surface area contributed by atoms with Gasteiger partial charge in [-0.3, -0.25) is 14.3 Å². The number of alkyl halides is 2. The summed E-state index contributed by atoms with van der Waals surface area (Å²) in [5.41, 5.74) is -0.565. The van der Waals surface area contributed by atoms with Gasteiger partial charge < -0.3 is 15.4 Å². The number of nitrogens with one attached hydrogen (secondary N) is 2. The summed E-state index contributed by atoms with van der Waals surface area (Å²) in [6.07, 6.45) is 0.932. The third-order valence-corrected chi connectivity index (χ3v) is 4.71. The fraction of sp³-hybridized carbons (Fsp3) is 0.421. The second-order valence-corrected chi connectivity index (χ2v) is 6.71. The maximum absolute atomic E-state index is 13.0. The molecule has 0 radical (unpaired) electrons. The van der Waals surface area contributed by atoms with E-state index in [4.69, 9.17) is 4.74 Å². The second-order valence-electron chi connectivity index (χ2n) is 6.71. The van der Waals surface area contributed by atoms with Crippen LogP contribution in [0.25, 0.3) is 0 Å². The van der Waals surface area contributed by atoms with E-state index in [1.807, 2.05) is 30.3 Å². The molecular weight excluding hydrogens is 370 g/mol. The minimum Gasteiger partial charge on any atom is -0.368 e. The second kappa shape index (κ2) is 8.47. The summed E-state index contributed by atoms with van der Waals surface area (Å²) < 4.78 is 33.1. The molecule has 0 saturated carbocycles. The molecule has 1 aliphatic heterocycles. The van der Waals surface area contributed by atoms with Gasteiger partial charge in [0.1, 0.15) is 5.60 Å². The van der Waals surface area contributed by atoms with E-state index in [2.05, 4.69) is 15.7 Å². The van der Waals surface area contributed by atoms with Crippen molar-refractivity contribution in [3.8, 4) is 0 Å².